The number of benzene rings is 1. The summed E-state index contributed by atoms with van der Waals surface area (Å²) in [5.74, 6) is 5.17. The minimum atomic E-state index is -2.61. The Kier molecular flexibility index (Phi) is 3.42. The molecule has 2 aromatic heterocycles. The molecule has 3 aromatic rings. The molecule has 1 fully saturated rings. The van der Waals surface area contributed by atoms with Gasteiger partial charge in [0.1, 0.15) is 11.3 Å². The van der Waals surface area contributed by atoms with Crippen LogP contribution in [0, 0.1) is 18.8 Å². The Morgan fingerprint density at radius 3 is 3.00 bits per heavy atom. The molecule has 1 aliphatic heterocycles. The zero-order valence-corrected chi connectivity index (χ0v) is 15.1. The van der Waals surface area contributed by atoms with Gasteiger partial charge in [0.15, 0.2) is 5.82 Å². The maximum absolute atomic E-state index is 12.4. The first kappa shape index (κ1) is 14.5. The first-order chi connectivity index (χ1) is 14.6. The number of likely N-dealkylation sites (tertiary alicyclic amines) is 1. The number of amides is 1. The van der Waals surface area contributed by atoms with Crippen LogP contribution in [0.1, 0.15) is 21.8 Å². The normalized spacial score (nSPS) is 21.0. The molecule has 3 heterocycles. The summed E-state index contributed by atoms with van der Waals surface area (Å²) in [6.45, 7) is -0.833. The third kappa shape index (κ3) is 3.04. The van der Waals surface area contributed by atoms with Gasteiger partial charge in [-0.3, -0.25) is 4.79 Å². The molecule has 1 aliphatic rings. The number of anilines is 1. The molecule has 1 atom stereocenters. The SMILES string of the molecule is [2H]C([2H])([2H])N1CC[C@@](O)(C#Cc2cccc(-c3nc(C)c4ccnc(N)c4n3)c2)C1=O. The number of aliphatic hydroxyl groups is 1. The summed E-state index contributed by atoms with van der Waals surface area (Å²) in [6, 6.07) is 8.80. The summed E-state index contributed by atoms with van der Waals surface area (Å²) in [4.78, 5) is 26.2. The molecular formula is C21H19N5O2. The molecular weight excluding hydrogens is 354 g/mol. The van der Waals surface area contributed by atoms with E-state index in [1.54, 1.807) is 30.5 Å². The maximum Gasteiger partial charge on any atom is 0.267 e. The number of hydrogen-bond donors (Lipinski definition) is 2. The molecule has 7 nitrogen and oxygen atoms in total. The van der Waals surface area contributed by atoms with E-state index in [4.69, 9.17) is 9.85 Å². The summed E-state index contributed by atoms with van der Waals surface area (Å²) in [5.41, 5.74) is 6.43. The third-order valence-electron chi connectivity index (χ3n) is 4.66. The first-order valence-electron chi connectivity index (χ1n) is 10.2. The van der Waals surface area contributed by atoms with E-state index in [1.807, 2.05) is 13.0 Å². The van der Waals surface area contributed by atoms with Gasteiger partial charge in [0, 0.05) is 52.5 Å². The lowest BCUT2D eigenvalue weighted by Crippen LogP contribution is -2.37. The van der Waals surface area contributed by atoms with Crippen molar-refractivity contribution in [3.8, 4) is 23.2 Å². The van der Waals surface area contributed by atoms with E-state index >= 15 is 0 Å². The van der Waals surface area contributed by atoms with Crippen LogP contribution in [0.3, 0.4) is 0 Å². The zero-order valence-electron chi connectivity index (χ0n) is 18.1. The van der Waals surface area contributed by atoms with Crippen LogP contribution in [0.2, 0.25) is 0 Å². The van der Waals surface area contributed by atoms with Crippen LogP contribution in [-0.2, 0) is 4.79 Å². The zero-order chi connectivity index (χ0) is 22.4. The van der Waals surface area contributed by atoms with Crippen molar-refractivity contribution >= 4 is 22.6 Å². The van der Waals surface area contributed by atoms with Crippen LogP contribution < -0.4 is 5.73 Å². The predicted molar refractivity (Wildman–Crippen MR) is 106 cm³/mol. The Balaban J connectivity index is 1.68. The fraction of sp³-hybridized carbons (Fsp3) is 0.238. The molecule has 7 heteroatoms. The number of carbonyl (C=O) groups is 1. The van der Waals surface area contributed by atoms with Crippen molar-refractivity contribution in [3.63, 3.8) is 0 Å². The molecule has 4 rings (SSSR count). The Labute approximate surface area is 166 Å². The molecule has 140 valence electrons. The van der Waals surface area contributed by atoms with E-state index in [1.165, 1.54) is 0 Å². The van der Waals surface area contributed by atoms with E-state index in [0.717, 1.165) is 11.1 Å². The molecule has 0 spiro atoms. The van der Waals surface area contributed by atoms with Crippen molar-refractivity contribution in [1.29, 1.82) is 0 Å². The molecule has 0 radical (unpaired) electrons. The van der Waals surface area contributed by atoms with Crippen LogP contribution in [0.4, 0.5) is 5.82 Å². The van der Waals surface area contributed by atoms with Crippen molar-refractivity contribution < 1.29 is 14.0 Å². The van der Waals surface area contributed by atoms with E-state index in [9.17, 15) is 9.90 Å². The number of likely N-dealkylation sites (N-methyl/N-ethyl adjacent to an activating group) is 1. The highest BCUT2D eigenvalue weighted by Crippen LogP contribution is 2.25. The molecule has 28 heavy (non-hydrogen) atoms. The fourth-order valence-corrected chi connectivity index (χ4v) is 3.09. The Bertz CT molecular complexity index is 1270. The van der Waals surface area contributed by atoms with Crippen LogP contribution in [0.25, 0.3) is 22.3 Å². The summed E-state index contributed by atoms with van der Waals surface area (Å²) in [6.07, 6.45) is 1.53. The fourth-order valence-electron chi connectivity index (χ4n) is 3.09. The number of pyridine rings is 1. The monoisotopic (exact) mass is 376 g/mol. The van der Waals surface area contributed by atoms with Gasteiger partial charge >= 0.3 is 0 Å². The summed E-state index contributed by atoms with van der Waals surface area (Å²) in [5, 5.41) is 11.4. The number of rotatable bonds is 1. The average molecular weight is 376 g/mol. The van der Waals surface area contributed by atoms with Gasteiger partial charge in [-0.1, -0.05) is 24.0 Å². The maximum atomic E-state index is 12.4. The molecule has 3 N–H and O–H groups in total. The molecule has 1 amide bonds. The van der Waals surface area contributed by atoms with Crippen molar-refractivity contribution in [1.82, 2.24) is 19.9 Å². The highest BCUT2D eigenvalue weighted by atomic mass is 16.3. The van der Waals surface area contributed by atoms with Gasteiger partial charge < -0.3 is 15.7 Å². The number of nitrogens with two attached hydrogens (primary N) is 1. The Morgan fingerprint density at radius 2 is 2.21 bits per heavy atom. The highest BCUT2D eigenvalue weighted by Gasteiger charge is 2.42. The number of hydrogen-bond acceptors (Lipinski definition) is 6. The number of aryl methyl sites for hydroxylation is 1. The third-order valence-corrected chi connectivity index (χ3v) is 4.66. The number of aromatic nitrogens is 3. The van der Waals surface area contributed by atoms with Gasteiger partial charge in [-0.05, 0) is 25.1 Å². The highest BCUT2D eigenvalue weighted by molar-refractivity contribution is 5.91. The number of nitrogens with zero attached hydrogens (tertiary/aromatic N) is 4. The summed E-state index contributed by atoms with van der Waals surface area (Å²) < 4.78 is 22.2. The van der Waals surface area contributed by atoms with Crippen molar-refractivity contribution in [2.24, 2.45) is 0 Å². The number of carbonyl (C=O) groups excluding carboxylic acids is 1. The number of nitrogen functional groups attached to an aromatic ring is 1. The van der Waals surface area contributed by atoms with Gasteiger partial charge in [0.2, 0.25) is 5.60 Å². The molecule has 0 bridgehead atoms. The van der Waals surface area contributed by atoms with Gasteiger partial charge in [-0.2, -0.15) is 0 Å². The minimum Gasteiger partial charge on any atom is -0.382 e. The van der Waals surface area contributed by atoms with Crippen LogP contribution in [0.15, 0.2) is 36.5 Å². The molecule has 1 aromatic carbocycles. The Hall–Kier alpha value is -3.50. The van der Waals surface area contributed by atoms with Gasteiger partial charge in [-0.15, -0.1) is 0 Å². The minimum absolute atomic E-state index is 0.0732. The van der Waals surface area contributed by atoms with E-state index in [2.05, 4.69) is 26.8 Å². The van der Waals surface area contributed by atoms with Gasteiger partial charge in [0.05, 0.1) is 0 Å². The smallest absolute Gasteiger partial charge is 0.267 e. The second-order valence-corrected chi connectivity index (χ2v) is 6.62. The standard InChI is InChI=1S/C21H19N5O2/c1-13-16-7-10-23-18(22)17(16)25-19(24-13)15-5-3-4-14(12-15)6-8-21(28)9-11-26(2)20(21)27/h3-5,7,10,12,28H,9,11H2,1-2H3,(H2,22,23)/t21-/m0/s1/i2D3. The van der Waals surface area contributed by atoms with Crippen molar-refractivity contribution in [3.05, 3.63) is 47.8 Å². The van der Waals surface area contributed by atoms with Crippen LogP contribution in [-0.4, -0.2) is 50.0 Å². The van der Waals surface area contributed by atoms with Crippen LogP contribution in [0.5, 0.6) is 0 Å². The lowest BCUT2D eigenvalue weighted by Gasteiger charge is -2.13. The second-order valence-electron chi connectivity index (χ2n) is 6.62. The average Bonchev–Trinajstić information content (AvgIpc) is 3.03. The summed E-state index contributed by atoms with van der Waals surface area (Å²) in [7, 11) is 0. The lowest BCUT2D eigenvalue weighted by atomic mass is 10.0. The van der Waals surface area contributed by atoms with Crippen molar-refractivity contribution in [2.45, 2.75) is 18.9 Å². The predicted octanol–water partition coefficient (Wildman–Crippen LogP) is 1.53. The Morgan fingerprint density at radius 1 is 1.36 bits per heavy atom. The van der Waals surface area contributed by atoms with Gasteiger partial charge in [-0.25, -0.2) is 15.0 Å². The van der Waals surface area contributed by atoms with E-state index in [0.29, 0.717) is 33.2 Å². The second kappa shape index (κ2) is 6.59. The molecule has 0 aliphatic carbocycles. The largest absolute Gasteiger partial charge is 0.382 e. The van der Waals surface area contributed by atoms with Crippen LogP contribution >= 0.6 is 0 Å². The quantitative estimate of drug-likeness (QED) is 0.624. The first-order valence-corrected chi connectivity index (χ1v) is 8.65. The summed E-state index contributed by atoms with van der Waals surface area (Å²) >= 11 is 0. The topological polar surface area (TPSA) is 105 Å². The number of fused-ring (bicyclic) bond motifs is 1. The molecule has 1 saturated heterocycles. The van der Waals surface area contributed by atoms with E-state index in [-0.39, 0.29) is 13.0 Å². The lowest BCUT2D eigenvalue weighted by molar-refractivity contribution is -0.137. The van der Waals surface area contributed by atoms with Crippen molar-refractivity contribution in [2.75, 3.05) is 19.3 Å². The molecule has 0 saturated carbocycles. The van der Waals surface area contributed by atoms with E-state index < -0.39 is 18.5 Å². The molecule has 0 unspecified atom stereocenters. The van der Waals surface area contributed by atoms with Gasteiger partial charge in [0.25, 0.3) is 5.91 Å².